The van der Waals surface area contributed by atoms with E-state index in [1.54, 1.807) is 28.4 Å². The highest BCUT2D eigenvalue weighted by Crippen LogP contribution is 2.67. The monoisotopic (exact) mass is 1100 g/mol. The fourth-order valence-corrected chi connectivity index (χ4v) is 14.0. The van der Waals surface area contributed by atoms with Gasteiger partial charge in [0, 0.05) is 34.4 Å². The van der Waals surface area contributed by atoms with E-state index in [2.05, 4.69) is 109 Å². The number of carbonyl (C=O) groups is 2. The van der Waals surface area contributed by atoms with Crippen LogP contribution in [0.25, 0.3) is 43.1 Å². The molecule has 10 nitrogen and oxygen atoms in total. The lowest BCUT2D eigenvalue weighted by Gasteiger charge is -2.58. The van der Waals surface area contributed by atoms with Crippen molar-refractivity contribution in [3.05, 3.63) is 276 Å². The third kappa shape index (κ3) is 7.10. The average molecular weight is 1100 g/mol. The van der Waals surface area contributed by atoms with Crippen LogP contribution in [0.4, 0.5) is 11.4 Å². The number of hydrogen-bond donors (Lipinski definition) is 0. The molecule has 16 rings (SSSR count). The molecule has 12 aromatic rings. The minimum Gasteiger partial charge on any atom is -0.497 e. The van der Waals surface area contributed by atoms with E-state index in [-0.39, 0.29) is 11.8 Å². The summed E-state index contributed by atoms with van der Waals surface area (Å²) in [4.78, 5) is 34.1. The second-order valence-corrected chi connectivity index (χ2v) is 21.5. The van der Waals surface area contributed by atoms with E-state index in [0.717, 1.165) is 76.5 Å². The number of rotatable bonds is 8. The fraction of sp³-hybridized carbons (Fsp3) is 0.108. The summed E-state index contributed by atoms with van der Waals surface area (Å²) in [6.07, 6.45) is 0. The van der Waals surface area contributed by atoms with Gasteiger partial charge in [-0.05, 0) is 115 Å². The van der Waals surface area contributed by atoms with E-state index in [1.165, 1.54) is 0 Å². The van der Waals surface area contributed by atoms with Crippen LogP contribution >= 0.6 is 0 Å². The Bertz CT molecular complexity index is 4190. The molecule has 4 heterocycles. The zero-order valence-corrected chi connectivity index (χ0v) is 46.4. The summed E-state index contributed by atoms with van der Waals surface area (Å²) in [7, 11) is 6.50. The molecule has 2 fully saturated rings. The number of nitrogens with zero attached hydrogens (tertiary/aromatic N) is 2. The molecule has 2 spiro atoms. The van der Waals surface area contributed by atoms with E-state index in [0.29, 0.717) is 57.4 Å². The molecule has 10 heteroatoms. The topological polar surface area (TPSA) is 96.0 Å². The predicted octanol–water partition coefficient (Wildman–Crippen LogP) is 16.4. The van der Waals surface area contributed by atoms with Gasteiger partial charge < -0.3 is 28.4 Å². The van der Waals surface area contributed by atoms with Gasteiger partial charge in [-0.2, -0.15) is 0 Å². The molecule has 12 aromatic carbocycles. The maximum atomic E-state index is 15.1. The van der Waals surface area contributed by atoms with Gasteiger partial charge in [-0.15, -0.1) is 0 Å². The first-order valence-electron chi connectivity index (χ1n) is 28.0. The summed E-state index contributed by atoms with van der Waals surface area (Å²) < 4.78 is 35.6. The molecule has 0 radical (unpaired) electrons. The Balaban J connectivity index is 0.000000143. The number of amides is 2. The van der Waals surface area contributed by atoms with E-state index < -0.39 is 22.9 Å². The largest absolute Gasteiger partial charge is 0.497 e. The molecule has 0 bridgehead atoms. The van der Waals surface area contributed by atoms with E-state index in [1.807, 2.05) is 143 Å². The lowest BCUT2D eigenvalue weighted by atomic mass is 9.57. The molecule has 0 aromatic heterocycles. The van der Waals surface area contributed by atoms with Crippen LogP contribution in [0, 0.1) is 0 Å². The number of para-hydroxylation sites is 4. The third-order valence-electron chi connectivity index (χ3n) is 17.6. The Morgan fingerprint density at radius 2 is 0.619 bits per heavy atom. The van der Waals surface area contributed by atoms with Crippen LogP contribution in [0.5, 0.6) is 46.0 Å². The van der Waals surface area contributed by atoms with E-state index >= 15 is 9.59 Å². The standard InChI is InChI=1S/2C37H27NO4/c2*1-40-25-19-20-30(33(22-25)41-2)38-35(34-26-13-5-3-11-23(26)21-24-12-4-6-14-27(24)34)37(36(38)39)28-15-7-9-17-31(28)42-32-18-10-8-16-29(32)37/h2*3-22,35H,1-2H3/t2*35-/m10/s1. The van der Waals surface area contributed by atoms with Crippen molar-refractivity contribution in [3.8, 4) is 46.0 Å². The lowest BCUT2D eigenvalue weighted by Crippen LogP contribution is -2.67. The first-order chi connectivity index (χ1) is 41.3. The number of fused-ring (bicyclic) bond motifs is 12. The first kappa shape index (κ1) is 50.4. The number of β-lactam (4-membered cyclic amide) rings is 2. The Kier molecular flexibility index (Phi) is 11.7. The van der Waals surface area contributed by atoms with Crippen LogP contribution in [0.2, 0.25) is 0 Å². The molecule has 0 N–H and O–H groups in total. The third-order valence-corrected chi connectivity index (χ3v) is 17.6. The SMILES string of the molecule is COc1ccc(N2C(=O)C3(c4ccccc4Oc4ccccc43)[C@@H]2c2c3ccccc3cc3ccccc23)c(OC)c1.COc1ccc(N2C(=O)C3(c4ccccc4Oc4ccccc43)[C@H]2c2c3ccccc3cc3ccccc23)c(OC)c1. The lowest BCUT2D eigenvalue weighted by molar-refractivity contribution is -0.132. The van der Waals surface area contributed by atoms with Crippen LogP contribution in [0.15, 0.2) is 243 Å². The highest BCUT2D eigenvalue weighted by Gasteiger charge is 2.69. The van der Waals surface area contributed by atoms with Gasteiger partial charge >= 0.3 is 0 Å². The number of methoxy groups -OCH3 is 4. The van der Waals surface area contributed by atoms with Crippen LogP contribution in [-0.4, -0.2) is 40.3 Å². The number of hydrogen-bond acceptors (Lipinski definition) is 8. The molecule has 0 aliphatic carbocycles. The number of carbonyl (C=O) groups excluding carboxylic acids is 2. The van der Waals surface area contributed by atoms with Gasteiger partial charge in [0.25, 0.3) is 0 Å². The van der Waals surface area contributed by atoms with Crippen molar-refractivity contribution in [2.75, 3.05) is 38.2 Å². The van der Waals surface area contributed by atoms with Gasteiger partial charge in [-0.25, -0.2) is 0 Å². The van der Waals surface area contributed by atoms with E-state index in [4.69, 9.17) is 28.4 Å². The molecule has 2 atom stereocenters. The van der Waals surface area contributed by atoms with Crippen molar-refractivity contribution >= 4 is 66.3 Å². The van der Waals surface area contributed by atoms with Crippen LogP contribution in [0.3, 0.4) is 0 Å². The van der Waals surface area contributed by atoms with Crippen molar-refractivity contribution in [1.82, 2.24) is 0 Å². The normalized spacial score (nSPS) is 16.5. The summed E-state index contributed by atoms with van der Waals surface area (Å²) >= 11 is 0. The summed E-state index contributed by atoms with van der Waals surface area (Å²) in [5, 5.41) is 8.90. The second kappa shape index (κ2) is 19.6. The molecule has 84 heavy (non-hydrogen) atoms. The summed E-state index contributed by atoms with van der Waals surface area (Å²) in [5.41, 5.74) is 4.96. The molecule has 2 saturated heterocycles. The van der Waals surface area contributed by atoms with Gasteiger partial charge in [-0.3, -0.25) is 19.4 Å². The summed E-state index contributed by atoms with van der Waals surface area (Å²) in [6.45, 7) is 0. The van der Waals surface area contributed by atoms with Crippen molar-refractivity contribution in [2.24, 2.45) is 0 Å². The first-order valence-corrected chi connectivity index (χ1v) is 28.0. The van der Waals surface area contributed by atoms with Gasteiger partial charge in [0.15, 0.2) is 0 Å². The quantitative estimate of drug-likeness (QED) is 0.110. The Morgan fingerprint density at radius 3 is 0.917 bits per heavy atom. The molecular formula is C74H54N2O8. The van der Waals surface area contributed by atoms with Gasteiger partial charge in [-0.1, -0.05) is 170 Å². The van der Waals surface area contributed by atoms with Gasteiger partial charge in [0.05, 0.1) is 51.9 Å². The molecule has 408 valence electrons. The molecular weight excluding hydrogens is 1040 g/mol. The Hall–Kier alpha value is -10.6. The number of anilines is 2. The zero-order valence-electron chi connectivity index (χ0n) is 46.4. The van der Waals surface area contributed by atoms with Crippen LogP contribution < -0.4 is 38.2 Å². The highest BCUT2D eigenvalue weighted by molar-refractivity contribution is 6.19. The molecule has 2 amide bonds. The smallest absolute Gasteiger partial charge is 0.245 e. The van der Waals surface area contributed by atoms with Gasteiger partial charge in [0.1, 0.15) is 56.8 Å². The molecule has 4 aliphatic heterocycles. The Morgan fingerprint density at radius 1 is 0.333 bits per heavy atom. The predicted molar refractivity (Wildman–Crippen MR) is 330 cm³/mol. The van der Waals surface area contributed by atoms with Crippen LogP contribution in [-0.2, 0) is 20.4 Å². The number of benzene rings is 12. The van der Waals surface area contributed by atoms with Crippen molar-refractivity contribution in [1.29, 1.82) is 0 Å². The van der Waals surface area contributed by atoms with E-state index in [9.17, 15) is 0 Å². The second-order valence-electron chi connectivity index (χ2n) is 21.5. The maximum Gasteiger partial charge on any atom is 0.245 e. The fourth-order valence-electron chi connectivity index (χ4n) is 14.0. The Labute approximate surface area is 485 Å². The summed E-state index contributed by atoms with van der Waals surface area (Å²) in [6, 6.07) is 80.3. The highest BCUT2D eigenvalue weighted by atomic mass is 16.5. The minimum absolute atomic E-state index is 0.0313. The van der Waals surface area contributed by atoms with Crippen molar-refractivity contribution < 1.29 is 38.0 Å². The zero-order chi connectivity index (χ0) is 56.8. The van der Waals surface area contributed by atoms with Crippen LogP contribution in [0.1, 0.15) is 45.5 Å². The van der Waals surface area contributed by atoms with Crippen molar-refractivity contribution in [2.45, 2.75) is 22.9 Å². The van der Waals surface area contributed by atoms with Gasteiger partial charge in [0.2, 0.25) is 11.8 Å². The minimum atomic E-state index is -1.02. The molecule has 0 saturated carbocycles. The molecule has 0 unspecified atom stereocenters. The molecule has 4 aliphatic rings. The average Bonchev–Trinajstić information content (AvgIpc) is 0.706. The number of ether oxygens (including phenoxy) is 6. The van der Waals surface area contributed by atoms with Crippen molar-refractivity contribution in [3.63, 3.8) is 0 Å². The maximum absolute atomic E-state index is 15.1. The summed E-state index contributed by atoms with van der Waals surface area (Å²) in [5.74, 6) is 5.18.